The van der Waals surface area contributed by atoms with E-state index in [1.807, 2.05) is 0 Å². The number of rotatable bonds is 6. The molecule has 2 nitrogen and oxygen atoms in total. The molecule has 11 heavy (non-hydrogen) atoms. The van der Waals surface area contributed by atoms with Crippen LogP contribution in [0.3, 0.4) is 0 Å². The van der Waals surface area contributed by atoms with E-state index in [1.165, 1.54) is 0 Å². The van der Waals surface area contributed by atoms with Crippen LogP contribution in [0.25, 0.3) is 0 Å². The average molecular weight is 197 g/mol. The lowest BCUT2D eigenvalue weighted by molar-refractivity contribution is -0.136. The highest BCUT2D eigenvalue weighted by Crippen LogP contribution is 2.10. The molecule has 0 fully saturated rings. The maximum Gasteiger partial charge on any atom is 0.322 e. The van der Waals surface area contributed by atoms with Gasteiger partial charge in [0.15, 0.2) is 0 Å². The minimum absolute atomic E-state index is 0.511. The van der Waals surface area contributed by atoms with Crippen molar-refractivity contribution in [2.45, 2.75) is 25.1 Å². The van der Waals surface area contributed by atoms with E-state index in [0.29, 0.717) is 5.75 Å². The van der Waals surface area contributed by atoms with Crippen molar-refractivity contribution in [3.05, 3.63) is 0 Å². The molecule has 0 saturated carbocycles. The molecule has 0 radical (unpaired) electrons. The second-order valence-electron chi connectivity index (χ2n) is 2.23. The molecule has 0 heterocycles. The Morgan fingerprint density at radius 2 is 2.36 bits per heavy atom. The third kappa shape index (κ3) is 6.51. The van der Waals surface area contributed by atoms with Crippen molar-refractivity contribution in [3.8, 4) is 0 Å². The van der Waals surface area contributed by atoms with Crippen molar-refractivity contribution in [3.63, 3.8) is 0 Å². The number of thioether (sulfide) groups is 1. The molecule has 4 heteroatoms. The molecule has 0 saturated heterocycles. The third-order valence-electron chi connectivity index (χ3n) is 1.17. The molecule has 1 N–H and O–H groups in total. The fourth-order valence-corrected chi connectivity index (χ4v) is 1.78. The van der Waals surface area contributed by atoms with Crippen LogP contribution in [0.5, 0.6) is 0 Å². The Hall–Kier alpha value is 0.110. The lowest BCUT2D eigenvalue weighted by atomic mass is 10.4. The number of hydrogen-bond acceptors (Lipinski definition) is 2. The van der Waals surface area contributed by atoms with Crippen molar-refractivity contribution in [2.75, 3.05) is 11.5 Å². The first-order chi connectivity index (χ1) is 5.18. The van der Waals surface area contributed by atoms with Gasteiger partial charge in [-0.1, -0.05) is 13.3 Å². The van der Waals surface area contributed by atoms with E-state index in [2.05, 4.69) is 6.92 Å². The van der Waals surface area contributed by atoms with Crippen LogP contribution in [0.1, 0.15) is 19.8 Å². The summed E-state index contributed by atoms with van der Waals surface area (Å²) < 4.78 is 0. The summed E-state index contributed by atoms with van der Waals surface area (Å²) in [6.07, 6.45) is 2.28. The van der Waals surface area contributed by atoms with Gasteiger partial charge in [-0.05, 0) is 12.2 Å². The lowest BCUT2D eigenvalue weighted by Crippen LogP contribution is -2.15. The van der Waals surface area contributed by atoms with E-state index < -0.39 is 11.3 Å². The molecule has 0 aliphatic carbocycles. The van der Waals surface area contributed by atoms with Gasteiger partial charge in [-0.15, -0.1) is 11.6 Å². The fraction of sp³-hybridized carbons (Fsp3) is 0.857. The third-order valence-corrected chi connectivity index (χ3v) is 2.84. The molecule has 0 amide bonds. The summed E-state index contributed by atoms with van der Waals surface area (Å²) in [5.74, 6) is 0.597. The van der Waals surface area contributed by atoms with Crippen LogP contribution in [0.4, 0.5) is 0 Å². The van der Waals surface area contributed by atoms with Gasteiger partial charge in [0.05, 0.1) is 0 Å². The molecular formula is C7H13ClO2S. The van der Waals surface area contributed by atoms with Crippen molar-refractivity contribution >= 4 is 29.3 Å². The first kappa shape index (κ1) is 11.1. The highest BCUT2D eigenvalue weighted by Gasteiger charge is 2.12. The number of unbranched alkanes of at least 4 members (excludes halogenated alkanes) is 1. The second kappa shape index (κ2) is 6.80. The monoisotopic (exact) mass is 196 g/mol. The van der Waals surface area contributed by atoms with E-state index in [-0.39, 0.29) is 0 Å². The number of carbonyl (C=O) groups is 1. The van der Waals surface area contributed by atoms with E-state index in [0.717, 1.165) is 18.6 Å². The van der Waals surface area contributed by atoms with Crippen LogP contribution in [-0.2, 0) is 4.79 Å². The van der Waals surface area contributed by atoms with E-state index in [1.54, 1.807) is 11.8 Å². The molecule has 0 aromatic rings. The number of alkyl halides is 1. The summed E-state index contributed by atoms with van der Waals surface area (Å²) in [7, 11) is 0. The quantitative estimate of drug-likeness (QED) is 0.523. The minimum atomic E-state index is -0.921. The zero-order valence-corrected chi connectivity index (χ0v) is 8.12. The maximum atomic E-state index is 10.2. The molecule has 0 aliphatic heterocycles. The standard InChI is InChI=1S/C7H13ClO2S/c1-2-3-4-11-5-6(8)7(9)10/h6H,2-5H2,1H3,(H,9,10). The molecule has 0 spiro atoms. The summed E-state index contributed by atoms with van der Waals surface area (Å²) in [5, 5.41) is 7.67. The highest BCUT2D eigenvalue weighted by atomic mass is 35.5. The van der Waals surface area contributed by atoms with Gasteiger partial charge in [0, 0.05) is 5.75 Å². The normalized spacial score (nSPS) is 12.9. The van der Waals surface area contributed by atoms with Gasteiger partial charge in [-0.2, -0.15) is 11.8 Å². The van der Waals surface area contributed by atoms with Crippen molar-refractivity contribution in [1.29, 1.82) is 0 Å². The molecule has 1 unspecified atom stereocenters. The zero-order valence-electron chi connectivity index (χ0n) is 6.55. The van der Waals surface area contributed by atoms with Gasteiger partial charge in [0.2, 0.25) is 0 Å². The summed E-state index contributed by atoms with van der Waals surface area (Å²) in [4.78, 5) is 10.2. The molecular weight excluding hydrogens is 184 g/mol. The van der Waals surface area contributed by atoms with Gasteiger partial charge in [-0.3, -0.25) is 4.79 Å². The Morgan fingerprint density at radius 1 is 1.73 bits per heavy atom. The summed E-state index contributed by atoms with van der Waals surface area (Å²) in [6.45, 7) is 2.11. The smallest absolute Gasteiger partial charge is 0.322 e. The molecule has 0 rings (SSSR count). The predicted molar refractivity (Wildman–Crippen MR) is 49.5 cm³/mol. The van der Waals surface area contributed by atoms with Crippen LogP contribution in [0.2, 0.25) is 0 Å². The van der Waals surface area contributed by atoms with E-state index in [4.69, 9.17) is 16.7 Å². The average Bonchev–Trinajstić information content (AvgIpc) is 1.97. The molecule has 0 aromatic carbocycles. The summed E-state index contributed by atoms with van der Waals surface area (Å²) >= 11 is 7.08. The van der Waals surface area contributed by atoms with Gasteiger partial charge in [0.1, 0.15) is 5.38 Å². The summed E-state index contributed by atoms with van der Waals surface area (Å²) in [5.41, 5.74) is 0. The van der Waals surface area contributed by atoms with Gasteiger partial charge in [0.25, 0.3) is 0 Å². The first-order valence-corrected chi connectivity index (χ1v) is 5.22. The predicted octanol–water partition coefficient (Wildman–Crippen LogP) is 2.21. The highest BCUT2D eigenvalue weighted by molar-refractivity contribution is 7.99. The van der Waals surface area contributed by atoms with Gasteiger partial charge in [-0.25, -0.2) is 0 Å². The zero-order chi connectivity index (χ0) is 8.69. The van der Waals surface area contributed by atoms with Crippen LogP contribution in [0, 0.1) is 0 Å². The maximum absolute atomic E-state index is 10.2. The van der Waals surface area contributed by atoms with Crippen molar-refractivity contribution < 1.29 is 9.90 Å². The fourth-order valence-electron chi connectivity index (χ4n) is 0.504. The Morgan fingerprint density at radius 3 is 2.82 bits per heavy atom. The van der Waals surface area contributed by atoms with E-state index >= 15 is 0 Å². The molecule has 1 atom stereocenters. The SMILES string of the molecule is CCCCSCC(Cl)C(=O)O. The first-order valence-electron chi connectivity index (χ1n) is 3.63. The van der Waals surface area contributed by atoms with Gasteiger partial charge < -0.3 is 5.11 Å². The summed E-state index contributed by atoms with van der Waals surface area (Å²) in [6, 6.07) is 0. The van der Waals surface area contributed by atoms with Crippen LogP contribution >= 0.6 is 23.4 Å². The molecule has 0 bridgehead atoms. The molecule has 0 aliphatic rings. The topological polar surface area (TPSA) is 37.3 Å². The van der Waals surface area contributed by atoms with Crippen molar-refractivity contribution in [1.82, 2.24) is 0 Å². The number of hydrogen-bond donors (Lipinski definition) is 1. The van der Waals surface area contributed by atoms with E-state index in [9.17, 15) is 4.79 Å². The van der Waals surface area contributed by atoms with Gasteiger partial charge >= 0.3 is 5.97 Å². The number of carboxylic acids is 1. The van der Waals surface area contributed by atoms with Crippen LogP contribution in [0.15, 0.2) is 0 Å². The van der Waals surface area contributed by atoms with Crippen LogP contribution < -0.4 is 0 Å². The number of halogens is 1. The molecule has 66 valence electrons. The molecule has 0 aromatic heterocycles. The Labute approximate surface area is 76.3 Å². The Kier molecular flexibility index (Phi) is 6.87. The number of aliphatic carboxylic acids is 1. The minimum Gasteiger partial charge on any atom is -0.480 e. The Bertz CT molecular complexity index is 119. The largest absolute Gasteiger partial charge is 0.480 e. The van der Waals surface area contributed by atoms with Crippen LogP contribution in [-0.4, -0.2) is 28.0 Å². The van der Waals surface area contributed by atoms with Crippen molar-refractivity contribution in [2.24, 2.45) is 0 Å². The lowest BCUT2D eigenvalue weighted by Gasteiger charge is -2.02. The second-order valence-corrected chi connectivity index (χ2v) is 3.91. The Balaban J connectivity index is 3.17. The number of carboxylic acid groups (broad SMARTS) is 1.